The molecular formula is C18H27N5O2. The van der Waals surface area contributed by atoms with E-state index in [-0.39, 0.29) is 18.4 Å². The van der Waals surface area contributed by atoms with E-state index in [9.17, 15) is 9.59 Å². The zero-order valence-electron chi connectivity index (χ0n) is 14.8. The Bertz CT molecular complexity index is 582. The molecule has 2 rings (SSSR count). The third kappa shape index (κ3) is 6.45. The van der Waals surface area contributed by atoms with Crippen molar-refractivity contribution in [1.29, 1.82) is 0 Å². The minimum absolute atomic E-state index is 0.0621. The van der Waals surface area contributed by atoms with Crippen LogP contribution >= 0.6 is 0 Å². The Labute approximate surface area is 148 Å². The van der Waals surface area contributed by atoms with Gasteiger partial charge in [-0.15, -0.1) is 0 Å². The molecule has 0 atom stereocenters. The van der Waals surface area contributed by atoms with Crippen LogP contribution in [0.4, 0.5) is 0 Å². The van der Waals surface area contributed by atoms with Crippen LogP contribution in [0.2, 0.25) is 0 Å². The standard InChI is InChI=1S/C18H27N5O2/c1-2-19-18(22-14-16(24)23-12-6-7-13-23)21-11-10-20-17(25)15-8-4-3-5-9-15/h3-5,8-9H,2,6-7,10-14H2,1H3,(H,20,25)(H2,19,21,22). The Hall–Kier alpha value is -2.57. The van der Waals surface area contributed by atoms with Crippen molar-refractivity contribution in [2.24, 2.45) is 4.99 Å². The predicted molar refractivity (Wildman–Crippen MR) is 98.6 cm³/mol. The van der Waals surface area contributed by atoms with E-state index in [2.05, 4.69) is 20.9 Å². The van der Waals surface area contributed by atoms with Gasteiger partial charge in [-0.05, 0) is 31.9 Å². The number of amides is 2. The lowest BCUT2D eigenvalue weighted by Gasteiger charge is -2.15. The predicted octanol–water partition coefficient (Wildman–Crippen LogP) is 0.594. The molecule has 0 bridgehead atoms. The highest BCUT2D eigenvalue weighted by Crippen LogP contribution is 2.07. The number of carbonyl (C=O) groups excluding carboxylic acids is 2. The average Bonchev–Trinajstić information content (AvgIpc) is 3.18. The van der Waals surface area contributed by atoms with Crippen molar-refractivity contribution in [2.45, 2.75) is 19.8 Å². The maximum Gasteiger partial charge on any atom is 0.251 e. The number of aliphatic imine (C=N–C) groups is 1. The molecule has 7 heteroatoms. The van der Waals surface area contributed by atoms with E-state index in [0.29, 0.717) is 31.2 Å². The fraction of sp³-hybridized carbons (Fsp3) is 0.500. The summed E-state index contributed by atoms with van der Waals surface area (Å²) in [5.74, 6) is 0.546. The monoisotopic (exact) mass is 345 g/mol. The summed E-state index contributed by atoms with van der Waals surface area (Å²) >= 11 is 0. The topological polar surface area (TPSA) is 85.8 Å². The van der Waals surface area contributed by atoms with Gasteiger partial charge < -0.3 is 20.9 Å². The molecule has 7 nitrogen and oxygen atoms in total. The van der Waals surface area contributed by atoms with Gasteiger partial charge in [-0.3, -0.25) is 9.59 Å². The number of hydrogen-bond acceptors (Lipinski definition) is 3. The Balaban J connectivity index is 1.72. The number of hydrogen-bond donors (Lipinski definition) is 3. The molecule has 3 N–H and O–H groups in total. The Kier molecular flexibility index (Phi) is 7.75. The summed E-state index contributed by atoms with van der Waals surface area (Å²) in [4.78, 5) is 30.2. The first-order valence-corrected chi connectivity index (χ1v) is 8.84. The number of rotatable bonds is 7. The summed E-state index contributed by atoms with van der Waals surface area (Å²) in [5.41, 5.74) is 0.638. The van der Waals surface area contributed by atoms with Gasteiger partial charge in [0, 0.05) is 38.3 Å². The van der Waals surface area contributed by atoms with Crippen molar-refractivity contribution in [3.63, 3.8) is 0 Å². The van der Waals surface area contributed by atoms with Crippen molar-refractivity contribution in [1.82, 2.24) is 20.9 Å². The molecule has 136 valence electrons. The average molecular weight is 345 g/mol. The summed E-state index contributed by atoms with van der Waals surface area (Å²) < 4.78 is 0. The maximum atomic E-state index is 12.0. The molecule has 1 aromatic rings. The minimum atomic E-state index is -0.103. The van der Waals surface area contributed by atoms with Crippen LogP contribution in [-0.4, -0.2) is 61.9 Å². The lowest BCUT2D eigenvalue weighted by Crippen LogP contribution is -2.42. The van der Waals surface area contributed by atoms with Crippen LogP contribution in [-0.2, 0) is 4.79 Å². The van der Waals surface area contributed by atoms with E-state index in [0.717, 1.165) is 25.9 Å². The second kappa shape index (κ2) is 10.3. The Morgan fingerprint density at radius 1 is 1.04 bits per heavy atom. The Morgan fingerprint density at radius 3 is 2.40 bits per heavy atom. The van der Waals surface area contributed by atoms with E-state index in [4.69, 9.17) is 0 Å². The largest absolute Gasteiger partial charge is 0.357 e. The van der Waals surface area contributed by atoms with E-state index < -0.39 is 0 Å². The highest BCUT2D eigenvalue weighted by atomic mass is 16.2. The van der Waals surface area contributed by atoms with Gasteiger partial charge in [-0.25, -0.2) is 4.99 Å². The van der Waals surface area contributed by atoms with Crippen molar-refractivity contribution < 1.29 is 9.59 Å². The zero-order chi connectivity index (χ0) is 17.9. The second-order valence-corrected chi connectivity index (χ2v) is 5.83. The van der Waals surface area contributed by atoms with Gasteiger partial charge in [-0.1, -0.05) is 18.2 Å². The van der Waals surface area contributed by atoms with Gasteiger partial charge in [0.15, 0.2) is 5.96 Å². The van der Waals surface area contributed by atoms with Crippen LogP contribution in [0.15, 0.2) is 35.3 Å². The number of carbonyl (C=O) groups is 2. The quantitative estimate of drug-likeness (QED) is 0.384. The van der Waals surface area contributed by atoms with Gasteiger partial charge >= 0.3 is 0 Å². The molecule has 0 aromatic heterocycles. The third-order valence-electron chi connectivity index (χ3n) is 3.91. The first-order chi connectivity index (χ1) is 12.2. The van der Waals surface area contributed by atoms with Crippen LogP contribution < -0.4 is 16.0 Å². The molecule has 1 fully saturated rings. The molecule has 25 heavy (non-hydrogen) atoms. The number of benzene rings is 1. The van der Waals surface area contributed by atoms with Gasteiger partial charge in [0.2, 0.25) is 5.91 Å². The van der Waals surface area contributed by atoms with Crippen molar-refractivity contribution in [2.75, 3.05) is 39.3 Å². The van der Waals surface area contributed by atoms with Crippen molar-refractivity contribution >= 4 is 17.8 Å². The molecule has 1 aliphatic rings. The molecule has 1 saturated heterocycles. The van der Waals surface area contributed by atoms with Crippen molar-refractivity contribution in [3.8, 4) is 0 Å². The summed E-state index contributed by atoms with van der Waals surface area (Å²) in [6.07, 6.45) is 2.16. The van der Waals surface area contributed by atoms with Crippen LogP contribution in [0.3, 0.4) is 0 Å². The summed E-state index contributed by atoms with van der Waals surface area (Å²) in [6.45, 7) is 5.50. The lowest BCUT2D eigenvalue weighted by atomic mass is 10.2. The van der Waals surface area contributed by atoms with Crippen LogP contribution in [0.25, 0.3) is 0 Å². The maximum absolute atomic E-state index is 12.0. The lowest BCUT2D eigenvalue weighted by molar-refractivity contribution is -0.128. The van der Waals surface area contributed by atoms with E-state index >= 15 is 0 Å². The van der Waals surface area contributed by atoms with E-state index in [1.54, 1.807) is 12.1 Å². The molecule has 1 aromatic carbocycles. The van der Waals surface area contributed by atoms with Crippen LogP contribution in [0, 0.1) is 0 Å². The first kappa shape index (κ1) is 18.8. The van der Waals surface area contributed by atoms with Gasteiger partial charge in [0.05, 0.1) is 0 Å². The highest BCUT2D eigenvalue weighted by molar-refractivity contribution is 5.94. The smallest absolute Gasteiger partial charge is 0.251 e. The normalized spacial score (nSPS) is 14.3. The number of nitrogens with one attached hydrogen (secondary N) is 3. The highest BCUT2D eigenvalue weighted by Gasteiger charge is 2.17. The molecule has 0 unspecified atom stereocenters. The molecule has 1 aliphatic heterocycles. The summed E-state index contributed by atoms with van der Waals surface area (Å²) in [5, 5.41) is 9.08. The molecular weight excluding hydrogens is 318 g/mol. The first-order valence-electron chi connectivity index (χ1n) is 8.84. The number of nitrogens with zero attached hydrogens (tertiary/aromatic N) is 2. The van der Waals surface area contributed by atoms with E-state index in [1.807, 2.05) is 30.0 Å². The molecule has 0 aliphatic carbocycles. The molecule has 1 heterocycles. The van der Waals surface area contributed by atoms with Crippen LogP contribution in [0.1, 0.15) is 30.1 Å². The Morgan fingerprint density at radius 2 is 1.72 bits per heavy atom. The number of guanidine groups is 1. The third-order valence-corrected chi connectivity index (χ3v) is 3.91. The fourth-order valence-corrected chi connectivity index (χ4v) is 2.60. The van der Waals surface area contributed by atoms with Gasteiger partial charge in [0.1, 0.15) is 6.54 Å². The fourth-order valence-electron chi connectivity index (χ4n) is 2.60. The minimum Gasteiger partial charge on any atom is -0.357 e. The van der Waals surface area contributed by atoms with Gasteiger partial charge in [-0.2, -0.15) is 0 Å². The SMILES string of the molecule is CCNC(=NCC(=O)N1CCCC1)NCCNC(=O)c1ccccc1. The van der Waals surface area contributed by atoms with Gasteiger partial charge in [0.25, 0.3) is 5.91 Å². The van der Waals surface area contributed by atoms with Crippen molar-refractivity contribution in [3.05, 3.63) is 35.9 Å². The number of likely N-dealkylation sites (tertiary alicyclic amines) is 1. The molecule has 2 amide bonds. The summed E-state index contributed by atoms with van der Waals surface area (Å²) in [6, 6.07) is 9.10. The van der Waals surface area contributed by atoms with E-state index in [1.165, 1.54) is 0 Å². The zero-order valence-corrected chi connectivity index (χ0v) is 14.8. The molecule has 0 saturated carbocycles. The molecule has 0 spiro atoms. The molecule has 0 radical (unpaired) electrons. The second-order valence-electron chi connectivity index (χ2n) is 5.83. The van der Waals surface area contributed by atoms with Crippen LogP contribution in [0.5, 0.6) is 0 Å². The summed E-state index contributed by atoms with van der Waals surface area (Å²) in [7, 11) is 0.